The Kier molecular flexibility index (Phi) is 7.38. The number of hydrogen-bond donors (Lipinski definition) is 2. The second-order valence-electron chi connectivity index (χ2n) is 7.80. The van der Waals surface area contributed by atoms with Crippen LogP contribution in [0.25, 0.3) is 0 Å². The first-order valence-electron chi connectivity index (χ1n) is 10.3. The molecule has 2 N–H and O–H groups in total. The van der Waals surface area contributed by atoms with Crippen LogP contribution in [-0.4, -0.2) is 36.6 Å². The van der Waals surface area contributed by atoms with E-state index in [0.29, 0.717) is 35.9 Å². The molecule has 2 atom stereocenters. The number of para-hydroxylation sites is 1. The molecule has 1 fully saturated rings. The van der Waals surface area contributed by atoms with E-state index in [9.17, 15) is 13.2 Å². The number of nitrogens with zero attached hydrogens (tertiary/aromatic N) is 2. The average molecular weight is 467 g/mol. The summed E-state index contributed by atoms with van der Waals surface area (Å²) in [7, 11) is -3.56. The number of anilines is 1. The lowest BCUT2D eigenvalue weighted by molar-refractivity contribution is -0.126. The van der Waals surface area contributed by atoms with Gasteiger partial charge in [-0.25, -0.2) is 8.42 Å². The summed E-state index contributed by atoms with van der Waals surface area (Å²) in [5.41, 5.74) is 1.39. The topological polar surface area (TPSA) is 110 Å². The van der Waals surface area contributed by atoms with Gasteiger partial charge in [0.25, 0.3) is 0 Å². The molecule has 0 spiro atoms. The molecule has 10 heteroatoms. The first-order valence-corrected chi connectivity index (χ1v) is 12.3. The summed E-state index contributed by atoms with van der Waals surface area (Å²) in [6.45, 7) is 6.03. The number of amides is 1. The third kappa shape index (κ3) is 6.07. The maximum absolute atomic E-state index is 12.4. The Morgan fingerprint density at radius 3 is 2.77 bits per heavy atom. The highest BCUT2D eigenvalue weighted by Gasteiger charge is 2.28. The van der Waals surface area contributed by atoms with Gasteiger partial charge in [-0.2, -0.15) is 9.97 Å². The van der Waals surface area contributed by atoms with Gasteiger partial charge in [-0.3, -0.25) is 9.52 Å². The molecule has 1 aliphatic heterocycles. The van der Waals surface area contributed by atoms with Crippen LogP contribution in [0.1, 0.15) is 50.3 Å². The number of sulfonamides is 1. The lowest BCUT2D eigenvalue weighted by Crippen LogP contribution is -2.39. The molecule has 0 radical (unpaired) electrons. The largest absolute Gasteiger partial charge is 0.422 e. The number of ether oxygens (including phenoxy) is 1. The van der Waals surface area contributed by atoms with E-state index in [-0.39, 0.29) is 35.3 Å². The number of nitrogens with one attached hydrogen (secondary N) is 2. The summed E-state index contributed by atoms with van der Waals surface area (Å²) in [4.78, 5) is 20.6. The lowest BCUT2D eigenvalue weighted by atomic mass is 9.89. The molecule has 168 valence electrons. The van der Waals surface area contributed by atoms with E-state index in [1.165, 1.54) is 0 Å². The van der Waals surface area contributed by atoms with E-state index in [1.54, 1.807) is 18.2 Å². The van der Waals surface area contributed by atoms with Gasteiger partial charge in [0.05, 0.1) is 16.5 Å². The maximum Gasteiger partial charge on any atom is 0.324 e. The normalized spacial score (nSPS) is 19.0. The fourth-order valence-corrected chi connectivity index (χ4v) is 4.83. The maximum atomic E-state index is 12.4. The Morgan fingerprint density at radius 2 is 2.10 bits per heavy atom. The SMILES string of the molecule is CCCCS(=O)(=O)Nc1cc(C2CNC(=O)C(C)C2)nc(Oc2c(C)cccc2Cl)n1. The molecule has 31 heavy (non-hydrogen) atoms. The molecule has 1 saturated heterocycles. The molecule has 1 aromatic heterocycles. The monoisotopic (exact) mass is 466 g/mol. The summed E-state index contributed by atoms with van der Waals surface area (Å²) in [6, 6.07) is 6.94. The molecule has 2 unspecified atom stereocenters. The van der Waals surface area contributed by atoms with Gasteiger partial charge in [0, 0.05) is 24.4 Å². The Balaban J connectivity index is 1.96. The summed E-state index contributed by atoms with van der Waals surface area (Å²) >= 11 is 6.27. The van der Waals surface area contributed by atoms with Crippen LogP contribution in [0.2, 0.25) is 5.02 Å². The van der Waals surface area contributed by atoms with Crippen LogP contribution in [0.4, 0.5) is 5.82 Å². The van der Waals surface area contributed by atoms with Gasteiger partial charge in [0.2, 0.25) is 15.9 Å². The molecule has 1 aromatic carbocycles. The third-order valence-corrected chi connectivity index (χ3v) is 6.78. The third-order valence-electron chi connectivity index (χ3n) is 5.14. The Hall–Kier alpha value is -2.39. The highest BCUT2D eigenvalue weighted by molar-refractivity contribution is 7.92. The molecule has 0 aliphatic carbocycles. The van der Waals surface area contributed by atoms with Gasteiger partial charge < -0.3 is 10.1 Å². The summed E-state index contributed by atoms with van der Waals surface area (Å²) < 4.78 is 33.3. The Bertz CT molecular complexity index is 1040. The molecular weight excluding hydrogens is 440 g/mol. The van der Waals surface area contributed by atoms with E-state index in [0.717, 1.165) is 12.0 Å². The number of aromatic nitrogens is 2. The zero-order valence-electron chi connectivity index (χ0n) is 17.8. The lowest BCUT2D eigenvalue weighted by Gasteiger charge is -2.27. The predicted octanol–water partition coefficient (Wildman–Crippen LogP) is 4.01. The summed E-state index contributed by atoms with van der Waals surface area (Å²) in [5, 5.41) is 3.26. The Morgan fingerprint density at radius 1 is 1.32 bits per heavy atom. The van der Waals surface area contributed by atoms with Crippen molar-refractivity contribution >= 4 is 33.3 Å². The van der Waals surface area contributed by atoms with Crippen LogP contribution < -0.4 is 14.8 Å². The minimum absolute atomic E-state index is 0.000825. The van der Waals surface area contributed by atoms with Crippen LogP contribution >= 0.6 is 11.6 Å². The standard InChI is InChI=1S/C21H27ClN4O4S/c1-4-5-9-31(28,29)26-18-11-17(15-10-14(3)20(27)23-12-15)24-21(25-18)30-19-13(2)7-6-8-16(19)22/h6-8,11,14-15H,4-5,9-10,12H2,1-3H3,(H,23,27)(H,24,25,26). The highest BCUT2D eigenvalue weighted by atomic mass is 35.5. The van der Waals surface area contributed by atoms with Crippen molar-refractivity contribution in [1.29, 1.82) is 0 Å². The van der Waals surface area contributed by atoms with Gasteiger partial charge in [-0.1, -0.05) is 44.0 Å². The molecule has 0 saturated carbocycles. The van der Waals surface area contributed by atoms with Gasteiger partial charge in [0.1, 0.15) is 5.82 Å². The molecule has 8 nitrogen and oxygen atoms in total. The van der Waals surface area contributed by atoms with E-state index < -0.39 is 10.0 Å². The van der Waals surface area contributed by atoms with Crippen LogP contribution in [-0.2, 0) is 14.8 Å². The number of carbonyl (C=O) groups is 1. The zero-order chi connectivity index (χ0) is 22.6. The fraction of sp³-hybridized carbons (Fsp3) is 0.476. The zero-order valence-corrected chi connectivity index (χ0v) is 19.4. The average Bonchev–Trinajstić information content (AvgIpc) is 2.71. The minimum Gasteiger partial charge on any atom is -0.422 e. The number of rotatable bonds is 8. The second kappa shape index (κ2) is 9.82. The van der Waals surface area contributed by atoms with Crippen LogP contribution in [0.3, 0.4) is 0 Å². The van der Waals surface area contributed by atoms with Crippen molar-refractivity contribution in [1.82, 2.24) is 15.3 Å². The molecule has 3 rings (SSSR count). The molecule has 2 aromatic rings. The minimum atomic E-state index is -3.56. The Labute approximate surface area is 187 Å². The van der Waals surface area contributed by atoms with E-state index >= 15 is 0 Å². The molecule has 1 aliphatic rings. The van der Waals surface area contributed by atoms with E-state index in [1.807, 2.05) is 26.8 Å². The van der Waals surface area contributed by atoms with Crippen molar-refractivity contribution < 1.29 is 17.9 Å². The summed E-state index contributed by atoms with van der Waals surface area (Å²) in [5.74, 6) is 0.266. The van der Waals surface area contributed by atoms with Gasteiger partial charge in [-0.05, 0) is 31.4 Å². The number of benzene rings is 1. The van der Waals surface area contributed by atoms with Gasteiger partial charge in [0.15, 0.2) is 5.75 Å². The fourth-order valence-electron chi connectivity index (χ4n) is 3.37. The number of halogens is 1. The summed E-state index contributed by atoms with van der Waals surface area (Å²) in [6.07, 6.45) is 1.90. The van der Waals surface area contributed by atoms with Crippen LogP contribution in [0, 0.1) is 12.8 Å². The molecule has 0 bridgehead atoms. The number of hydrogen-bond acceptors (Lipinski definition) is 6. The van der Waals surface area contributed by atoms with Crippen molar-refractivity contribution in [3.63, 3.8) is 0 Å². The molecule has 1 amide bonds. The first kappa shape index (κ1) is 23.3. The van der Waals surface area contributed by atoms with Crippen LogP contribution in [0.5, 0.6) is 11.8 Å². The quantitative estimate of drug-likeness (QED) is 0.608. The van der Waals surface area contributed by atoms with Crippen molar-refractivity contribution in [2.75, 3.05) is 17.0 Å². The highest BCUT2D eigenvalue weighted by Crippen LogP contribution is 2.33. The van der Waals surface area contributed by atoms with Crippen molar-refractivity contribution in [3.05, 3.63) is 40.5 Å². The van der Waals surface area contributed by atoms with Gasteiger partial charge in [-0.15, -0.1) is 0 Å². The van der Waals surface area contributed by atoms with Crippen molar-refractivity contribution in [2.24, 2.45) is 5.92 Å². The number of carbonyl (C=O) groups excluding carboxylic acids is 1. The molecule has 2 heterocycles. The smallest absolute Gasteiger partial charge is 0.324 e. The first-order chi connectivity index (χ1) is 14.7. The number of aryl methyl sites for hydroxylation is 1. The number of piperidine rings is 1. The predicted molar refractivity (Wildman–Crippen MR) is 120 cm³/mol. The second-order valence-corrected chi connectivity index (χ2v) is 10.1. The van der Waals surface area contributed by atoms with Crippen LogP contribution in [0.15, 0.2) is 24.3 Å². The van der Waals surface area contributed by atoms with E-state index in [2.05, 4.69) is 20.0 Å². The molecular formula is C21H27ClN4O4S. The van der Waals surface area contributed by atoms with E-state index in [4.69, 9.17) is 16.3 Å². The van der Waals surface area contributed by atoms with Crippen molar-refractivity contribution in [3.8, 4) is 11.8 Å². The van der Waals surface area contributed by atoms with Gasteiger partial charge >= 0.3 is 6.01 Å². The number of unbranched alkanes of at least 4 members (excludes halogenated alkanes) is 1. The van der Waals surface area contributed by atoms with Crippen molar-refractivity contribution in [2.45, 2.75) is 46.0 Å².